The number of hydrogen-bond acceptors (Lipinski definition) is 3. The summed E-state index contributed by atoms with van der Waals surface area (Å²) in [4.78, 5) is 0. The van der Waals surface area contributed by atoms with E-state index in [0.717, 1.165) is 44.5 Å². The van der Waals surface area contributed by atoms with Crippen LogP contribution in [-0.4, -0.2) is 30.1 Å². The number of ether oxygens (including phenoxy) is 1. The first-order valence-corrected chi connectivity index (χ1v) is 8.54. The number of nitrogens with zero attached hydrogens (tertiary/aromatic N) is 1. The highest BCUT2D eigenvalue weighted by molar-refractivity contribution is 7.80. The zero-order chi connectivity index (χ0) is 15.2. The summed E-state index contributed by atoms with van der Waals surface area (Å²) in [5.74, 6) is 0. The predicted molar refractivity (Wildman–Crippen MR) is 93.2 cm³/mol. The molecule has 4 nitrogen and oxygen atoms in total. The molecule has 0 spiro atoms. The van der Waals surface area contributed by atoms with E-state index in [0.29, 0.717) is 5.11 Å². The first kappa shape index (κ1) is 15.4. The molecule has 1 heterocycles. The highest BCUT2D eigenvalue weighted by Gasteiger charge is 2.16. The lowest BCUT2D eigenvalue weighted by atomic mass is 10.0. The molecule has 118 valence electrons. The van der Waals surface area contributed by atoms with E-state index < -0.39 is 0 Å². The van der Waals surface area contributed by atoms with Gasteiger partial charge in [0.25, 0.3) is 0 Å². The maximum Gasteiger partial charge on any atom is 0.187 e. The second-order valence-electron chi connectivity index (χ2n) is 5.88. The standard InChI is InChI=1S/C17H23N3OS/c22-17(18-12-14-8-5-11-21-14)20-19-16-10-4-2-7-13-6-1-3-9-15(13)16/h1,3,6,9,14H,2,4-5,7-8,10-12H2,(H2,18,20,22)/b19-16+/t14-/m0/s1. The van der Waals surface area contributed by atoms with Crippen molar-refractivity contribution in [2.45, 2.75) is 44.6 Å². The van der Waals surface area contributed by atoms with Crippen LogP contribution in [0.3, 0.4) is 0 Å². The minimum atomic E-state index is 0.283. The van der Waals surface area contributed by atoms with Crippen LogP contribution < -0.4 is 10.7 Å². The molecule has 0 amide bonds. The number of rotatable bonds is 3. The number of aryl methyl sites for hydroxylation is 1. The maximum atomic E-state index is 5.58. The van der Waals surface area contributed by atoms with Crippen molar-refractivity contribution in [3.8, 4) is 0 Å². The van der Waals surface area contributed by atoms with Gasteiger partial charge in [-0.25, -0.2) is 0 Å². The minimum absolute atomic E-state index is 0.283. The lowest BCUT2D eigenvalue weighted by molar-refractivity contribution is 0.114. The molecule has 2 N–H and O–H groups in total. The molecule has 0 unspecified atom stereocenters. The van der Waals surface area contributed by atoms with E-state index in [2.05, 4.69) is 40.1 Å². The van der Waals surface area contributed by atoms with E-state index in [9.17, 15) is 0 Å². The zero-order valence-electron chi connectivity index (χ0n) is 12.8. The summed E-state index contributed by atoms with van der Waals surface area (Å²) >= 11 is 5.30. The number of thiocarbonyl (C=S) groups is 1. The van der Waals surface area contributed by atoms with Crippen molar-refractivity contribution in [2.24, 2.45) is 5.10 Å². The molecule has 0 saturated carbocycles. The summed E-state index contributed by atoms with van der Waals surface area (Å²) in [6, 6.07) is 8.53. The molecule has 3 rings (SSSR count). The molecular weight excluding hydrogens is 294 g/mol. The van der Waals surface area contributed by atoms with Crippen LogP contribution >= 0.6 is 12.2 Å². The molecule has 22 heavy (non-hydrogen) atoms. The third kappa shape index (κ3) is 4.05. The van der Waals surface area contributed by atoms with Gasteiger partial charge in [-0.1, -0.05) is 24.3 Å². The lowest BCUT2D eigenvalue weighted by Crippen LogP contribution is -2.37. The maximum absolute atomic E-state index is 5.58. The Labute approximate surface area is 137 Å². The Morgan fingerprint density at radius 1 is 1.23 bits per heavy atom. The normalized spacial score (nSPS) is 22.9. The largest absolute Gasteiger partial charge is 0.376 e. The van der Waals surface area contributed by atoms with Gasteiger partial charge in [0.1, 0.15) is 0 Å². The van der Waals surface area contributed by atoms with Gasteiger partial charge in [0.15, 0.2) is 5.11 Å². The van der Waals surface area contributed by atoms with Gasteiger partial charge in [-0.15, -0.1) is 0 Å². The molecule has 2 aliphatic rings. The highest BCUT2D eigenvalue weighted by atomic mass is 32.1. The van der Waals surface area contributed by atoms with E-state index in [-0.39, 0.29) is 6.10 Å². The summed E-state index contributed by atoms with van der Waals surface area (Å²) in [6.45, 7) is 1.62. The van der Waals surface area contributed by atoms with Gasteiger partial charge in [-0.05, 0) is 56.3 Å². The molecule has 1 saturated heterocycles. The van der Waals surface area contributed by atoms with Crippen LogP contribution in [0.15, 0.2) is 29.4 Å². The van der Waals surface area contributed by atoms with Crippen molar-refractivity contribution in [3.63, 3.8) is 0 Å². The second kappa shape index (κ2) is 7.70. The van der Waals surface area contributed by atoms with Crippen molar-refractivity contribution in [1.82, 2.24) is 10.7 Å². The molecule has 1 fully saturated rings. The number of benzene rings is 1. The van der Waals surface area contributed by atoms with Crippen LogP contribution in [0, 0.1) is 0 Å². The topological polar surface area (TPSA) is 45.6 Å². The fourth-order valence-corrected chi connectivity index (χ4v) is 3.18. The SMILES string of the molecule is S=C(NC[C@@H]1CCCO1)N/N=C1\CCCCc2ccccc21. The second-order valence-corrected chi connectivity index (χ2v) is 6.29. The quantitative estimate of drug-likeness (QED) is 0.511. The fourth-order valence-electron chi connectivity index (χ4n) is 3.05. The van der Waals surface area contributed by atoms with Gasteiger partial charge in [-0.2, -0.15) is 5.10 Å². The summed E-state index contributed by atoms with van der Waals surface area (Å²) in [5.41, 5.74) is 6.75. The molecule has 1 aromatic rings. The van der Waals surface area contributed by atoms with Crippen LogP contribution in [0.2, 0.25) is 0 Å². The number of nitrogens with one attached hydrogen (secondary N) is 2. The summed E-state index contributed by atoms with van der Waals surface area (Å²) in [7, 11) is 0. The summed E-state index contributed by atoms with van der Waals surface area (Å²) in [5, 5.41) is 8.32. The average molecular weight is 317 g/mol. The number of hydrazone groups is 1. The smallest absolute Gasteiger partial charge is 0.187 e. The first-order valence-electron chi connectivity index (χ1n) is 8.13. The minimum Gasteiger partial charge on any atom is -0.376 e. The average Bonchev–Trinajstić information content (AvgIpc) is 2.98. The summed E-state index contributed by atoms with van der Waals surface area (Å²) < 4.78 is 5.58. The van der Waals surface area contributed by atoms with Gasteiger partial charge in [-0.3, -0.25) is 5.43 Å². The van der Waals surface area contributed by atoms with Crippen LogP contribution in [-0.2, 0) is 11.2 Å². The Morgan fingerprint density at radius 2 is 2.09 bits per heavy atom. The van der Waals surface area contributed by atoms with Gasteiger partial charge >= 0.3 is 0 Å². The van der Waals surface area contributed by atoms with Crippen molar-refractivity contribution < 1.29 is 4.74 Å². The van der Waals surface area contributed by atoms with Gasteiger partial charge < -0.3 is 10.1 Å². The molecular formula is C17H23N3OS. The third-order valence-corrected chi connectivity index (χ3v) is 4.48. The number of hydrogen-bond donors (Lipinski definition) is 2. The van der Waals surface area contributed by atoms with E-state index in [1.807, 2.05) is 0 Å². The Morgan fingerprint density at radius 3 is 2.95 bits per heavy atom. The van der Waals surface area contributed by atoms with Crippen molar-refractivity contribution in [1.29, 1.82) is 0 Å². The van der Waals surface area contributed by atoms with E-state index in [1.54, 1.807) is 0 Å². The highest BCUT2D eigenvalue weighted by Crippen LogP contribution is 2.20. The van der Waals surface area contributed by atoms with E-state index in [1.165, 1.54) is 24.0 Å². The first-order chi connectivity index (χ1) is 10.8. The Bertz CT molecular complexity index is 553. The van der Waals surface area contributed by atoms with Gasteiger partial charge in [0.05, 0.1) is 11.8 Å². The van der Waals surface area contributed by atoms with Crippen molar-refractivity contribution >= 4 is 23.0 Å². The Hall–Kier alpha value is -1.46. The molecule has 0 aromatic heterocycles. The molecule has 1 aliphatic carbocycles. The van der Waals surface area contributed by atoms with E-state index in [4.69, 9.17) is 17.0 Å². The van der Waals surface area contributed by atoms with E-state index >= 15 is 0 Å². The number of fused-ring (bicyclic) bond motifs is 1. The van der Waals surface area contributed by atoms with Gasteiger partial charge in [0.2, 0.25) is 0 Å². The molecule has 0 radical (unpaired) electrons. The fraction of sp³-hybridized carbons (Fsp3) is 0.529. The predicted octanol–water partition coefficient (Wildman–Crippen LogP) is 2.76. The van der Waals surface area contributed by atoms with Gasteiger partial charge in [0, 0.05) is 18.7 Å². The van der Waals surface area contributed by atoms with Crippen LogP contribution in [0.25, 0.3) is 0 Å². The van der Waals surface area contributed by atoms with Crippen LogP contribution in [0.1, 0.15) is 43.2 Å². The van der Waals surface area contributed by atoms with Crippen molar-refractivity contribution in [3.05, 3.63) is 35.4 Å². The Balaban J connectivity index is 1.58. The third-order valence-electron chi connectivity index (χ3n) is 4.24. The van der Waals surface area contributed by atoms with Crippen LogP contribution in [0.5, 0.6) is 0 Å². The zero-order valence-corrected chi connectivity index (χ0v) is 13.6. The molecule has 1 aliphatic heterocycles. The Kier molecular flexibility index (Phi) is 5.40. The molecule has 1 atom stereocenters. The monoisotopic (exact) mass is 317 g/mol. The van der Waals surface area contributed by atoms with Crippen LogP contribution in [0.4, 0.5) is 0 Å². The molecule has 5 heteroatoms. The lowest BCUT2D eigenvalue weighted by Gasteiger charge is -2.13. The van der Waals surface area contributed by atoms with Crippen molar-refractivity contribution in [2.75, 3.05) is 13.2 Å². The molecule has 1 aromatic carbocycles. The summed E-state index contributed by atoms with van der Waals surface area (Å²) in [6.07, 6.45) is 7.06. The molecule has 0 bridgehead atoms.